The van der Waals surface area contributed by atoms with Crippen molar-refractivity contribution in [2.45, 2.75) is 50.7 Å². The lowest BCUT2D eigenvalue weighted by molar-refractivity contribution is -0.144. The number of carbonyl (C=O) groups is 3. The first-order valence-corrected chi connectivity index (χ1v) is 9.03. The number of likely N-dealkylation sites (tertiary alicyclic amines) is 1. The summed E-state index contributed by atoms with van der Waals surface area (Å²) >= 11 is 0. The molecule has 152 valence electrons. The topological polar surface area (TPSA) is 72.9 Å². The number of carbonyl (C=O) groups excluding carboxylic acids is 3. The second kappa shape index (κ2) is 6.83. The molecular formula is C20H23F2NO5. The highest BCUT2D eigenvalue weighted by molar-refractivity contribution is 6.00. The summed E-state index contributed by atoms with van der Waals surface area (Å²) in [5.74, 6) is -2.81. The number of Topliss-reactive ketones (excluding diaryl/α,β-unsaturated/α-hetero) is 1. The van der Waals surface area contributed by atoms with Gasteiger partial charge >= 0.3 is 12.1 Å². The Morgan fingerprint density at radius 1 is 1.25 bits per heavy atom. The van der Waals surface area contributed by atoms with Crippen molar-refractivity contribution < 1.29 is 32.6 Å². The molecule has 0 N–H and O–H groups in total. The van der Waals surface area contributed by atoms with Gasteiger partial charge in [0.1, 0.15) is 23.7 Å². The van der Waals surface area contributed by atoms with E-state index in [1.54, 1.807) is 20.8 Å². The van der Waals surface area contributed by atoms with Crippen LogP contribution in [0.5, 0.6) is 0 Å². The van der Waals surface area contributed by atoms with Crippen LogP contribution in [0.1, 0.15) is 39.2 Å². The maximum atomic E-state index is 14.4. The van der Waals surface area contributed by atoms with E-state index in [-0.39, 0.29) is 12.1 Å². The normalized spacial score (nSPS) is 25.9. The van der Waals surface area contributed by atoms with Crippen LogP contribution in [0.3, 0.4) is 0 Å². The van der Waals surface area contributed by atoms with Gasteiger partial charge in [0.05, 0.1) is 13.2 Å². The Bertz CT molecular complexity index is 834. The van der Waals surface area contributed by atoms with Crippen LogP contribution in [-0.4, -0.2) is 48.0 Å². The number of ether oxygens (including phenoxy) is 2. The molecule has 1 saturated heterocycles. The van der Waals surface area contributed by atoms with E-state index in [0.717, 1.165) is 18.2 Å². The smallest absolute Gasteiger partial charge is 0.410 e. The molecule has 0 unspecified atom stereocenters. The van der Waals surface area contributed by atoms with E-state index in [1.807, 2.05) is 0 Å². The first-order chi connectivity index (χ1) is 13.0. The summed E-state index contributed by atoms with van der Waals surface area (Å²) in [6.45, 7) is 5.09. The van der Waals surface area contributed by atoms with Gasteiger partial charge in [0.2, 0.25) is 0 Å². The maximum absolute atomic E-state index is 14.4. The van der Waals surface area contributed by atoms with E-state index < -0.39 is 58.9 Å². The Balaban J connectivity index is 1.94. The number of benzene rings is 1. The van der Waals surface area contributed by atoms with Gasteiger partial charge in [-0.05, 0) is 56.9 Å². The van der Waals surface area contributed by atoms with Crippen molar-refractivity contribution in [2.24, 2.45) is 5.92 Å². The minimum Gasteiger partial charge on any atom is -0.469 e. The number of halogens is 2. The average molecular weight is 395 g/mol. The summed E-state index contributed by atoms with van der Waals surface area (Å²) < 4.78 is 38.1. The summed E-state index contributed by atoms with van der Waals surface area (Å²) in [7, 11) is 1.17. The first-order valence-electron chi connectivity index (χ1n) is 9.03. The van der Waals surface area contributed by atoms with Crippen LogP contribution in [0.15, 0.2) is 18.2 Å². The highest BCUT2D eigenvalue weighted by Gasteiger charge is 2.69. The molecule has 1 saturated carbocycles. The number of esters is 1. The number of hydrogen-bond acceptors (Lipinski definition) is 5. The lowest BCUT2D eigenvalue weighted by Gasteiger charge is -2.30. The highest BCUT2D eigenvalue weighted by atomic mass is 19.1. The van der Waals surface area contributed by atoms with E-state index in [1.165, 1.54) is 12.0 Å². The van der Waals surface area contributed by atoms with Crippen LogP contribution in [-0.2, 0) is 24.5 Å². The van der Waals surface area contributed by atoms with Crippen molar-refractivity contribution in [3.05, 3.63) is 35.4 Å². The van der Waals surface area contributed by atoms with Crippen molar-refractivity contribution in [2.75, 3.05) is 13.7 Å². The molecule has 8 heteroatoms. The highest BCUT2D eigenvalue weighted by Crippen LogP contribution is 2.63. The number of hydrogen-bond donors (Lipinski definition) is 0. The zero-order valence-corrected chi connectivity index (χ0v) is 16.3. The third-order valence-corrected chi connectivity index (χ3v) is 5.27. The van der Waals surface area contributed by atoms with Crippen LogP contribution in [0.25, 0.3) is 0 Å². The molecule has 0 spiro atoms. The molecule has 1 heterocycles. The van der Waals surface area contributed by atoms with Crippen LogP contribution >= 0.6 is 0 Å². The van der Waals surface area contributed by atoms with Crippen molar-refractivity contribution in [1.29, 1.82) is 0 Å². The lowest BCUT2D eigenvalue weighted by Crippen LogP contribution is -2.46. The molecule has 3 rings (SSSR count). The van der Waals surface area contributed by atoms with Gasteiger partial charge in [-0.25, -0.2) is 13.6 Å². The Labute approximate surface area is 161 Å². The molecule has 6 nitrogen and oxygen atoms in total. The van der Waals surface area contributed by atoms with Gasteiger partial charge in [-0.3, -0.25) is 14.5 Å². The van der Waals surface area contributed by atoms with E-state index in [9.17, 15) is 23.2 Å². The fourth-order valence-electron chi connectivity index (χ4n) is 4.04. The van der Waals surface area contributed by atoms with Crippen molar-refractivity contribution in [3.8, 4) is 0 Å². The summed E-state index contributed by atoms with van der Waals surface area (Å²) in [6.07, 6.45) is -0.803. The van der Waals surface area contributed by atoms with Gasteiger partial charge in [0, 0.05) is 12.0 Å². The third-order valence-electron chi connectivity index (χ3n) is 5.27. The van der Waals surface area contributed by atoms with E-state index in [0.29, 0.717) is 6.42 Å². The van der Waals surface area contributed by atoms with E-state index >= 15 is 0 Å². The summed E-state index contributed by atoms with van der Waals surface area (Å²) in [4.78, 5) is 38.2. The molecule has 28 heavy (non-hydrogen) atoms. The van der Waals surface area contributed by atoms with Crippen molar-refractivity contribution in [1.82, 2.24) is 4.90 Å². The number of amides is 1. The Morgan fingerprint density at radius 2 is 1.93 bits per heavy atom. The quantitative estimate of drug-likeness (QED) is 0.579. The molecule has 0 radical (unpaired) electrons. The minimum atomic E-state index is -0.948. The largest absolute Gasteiger partial charge is 0.469 e. The molecule has 1 aromatic carbocycles. The number of methoxy groups -OCH3 is 1. The molecule has 1 aromatic rings. The monoisotopic (exact) mass is 395 g/mol. The minimum absolute atomic E-state index is 0.0184. The summed E-state index contributed by atoms with van der Waals surface area (Å²) in [5, 5.41) is 0. The molecule has 0 bridgehead atoms. The lowest BCUT2D eigenvalue weighted by atomic mass is 9.93. The van der Waals surface area contributed by atoms with Crippen LogP contribution < -0.4 is 0 Å². The van der Waals surface area contributed by atoms with Gasteiger partial charge < -0.3 is 9.47 Å². The molecule has 2 fully saturated rings. The second-order valence-corrected chi connectivity index (χ2v) is 8.36. The number of fused-ring (bicyclic) bond motifs is 1. The molecule has 1 aliphatic carbocycles. The second-order valence-electron chi connectivity index (χ2n) is 8.36. The number of rotatable bonds is 4. The molecule has 1 amide bonds. The molecule has 0 aromatic heterocycles. The predicted molar refractivity (Wildman–Crippen MR) is 94.5 cm³/mol. The van der Waals surface area contributed by atoms with Crippen LogP contribution in [0.2, 0.25) is 0 Å². The van der Waals surface area contributed by atoms with Crippen molar-refractivity contribution >= 4 is 17.8 Å². The Kier molecular flexibility index (Phi) is 4.93. The average Bonchev–Trinajstić information content (AvgIpc) is 3.20. The molecule has 3 atom stereocenters. The third kappa shape index (κ3) is 3.59. The van der Waals surface area contributed by atoms with Gasteiger partial charge in [0.15, 0.2) is 5.78 Å². The van der Waals surface area contributed by atoms with Gasteiger partial charge in [-0.1, -0.05) is 0 Å². The number of ketones is 1. The fourth-order valence-corrected chi connectivity index (χ4v) is 4.04. The molecule has 2 aliphatic rings. The van der Waals surface area contributed by atoms with E-state index in [2.05, 4.69) is 4.74 Å². The first kappa shape index (κ1) is 20.2. The van der Waals surface area contributed by atoms with Gasteiger partial charge in [-0.15, -0.1) is 0 Å². The van der Waals surface area contributed by atoms with E-state index in [4.69, 9.17) is 4.74 Å². The van der Waals surface area contributed by atoms with Crippen LogP contribution in [0, 0.1) is 17.6 Å². The van der Waals surface area contributed by atoms with Crippen LogP contribution in [0.4, 0.5) is 13.6 Å². The van der Waals surface area contributed by atoms with Gasteiger partial charge in [-0.2, -0.15) is 0 Å². The Morgan fingerprint density at radius 3 is 2.54 bits per heavy atom. The zero-order chi connectivity index (χ0) is 20.9. The zero-order valence-electron chi connectivity index (χ0n) is 16.3. The fraction of sp³-hybridized carbons (Fsp3) is 0.550. The Hall–Kier alpha value is -2.51. The predicted octanol–water partition coefficient (Wildman–Crippen LogP) is 2.97. The maximum Gasteiger partial charge on any atom is 0.410 e. The standard InChI is InChI=1S/C20H23F2NO5/c1-19(2,3)28-18(26)23-10-20(12-7-11(21)5-6-14(12)22)9-13(20)17(23)15(24)8-16(25)27-4/h5-7,13,17H,8-10H2,1-4H3/t13-,17+,20-/m0/s1. The molecule has 1 aliphatic heterocycles. The summed E-state index contributed by atoms with van der Waals surface area (Å²) in [6, 6.07) is 2.22. The van der Waals surface area contributed by atoms with Gasteiger partial charge in [0.25, 0.3) is 0 Å². The summed E-state index contributed by atoms with van der Waals surface area (Å²) in [5.41, 5.74) is -1.52. The number of nitrogens with zero attached hydrogens (tertiary/aromatic N) is 1. The number of piperidine rings is 1. The SMILES string of the molecule is COC(=O)CC(=O)[C@H]1[C@@H]2C[C@@]2(c2cc(F)ccc2F)CN1C(=O)OC(C)(C)C. The molecular weight excluding hydrogens is 372 g/mol. The van der Waals surface area contributed by atoms with Crippen molar-refractivity contribution in [3.63, 3.8) is 0 Å².